The van der Waals surface area contributed by atoms with Crippen molar-refractivity contribution in [2.75, 3.05) is 13.6 Å². The van der Waals surface area contributed by atoms with E-state index in [-0.39, 0.29) is 6.04 Å². The zero-order valence-electron chi connectivity index (χ0n) is 7.06. The average Bonchev–Trinajstić information content (AvgIpc) is 2.16. The van der Waals surface area contributed by atoms with Crippen LogP contribution in [0.1, 0.15) is 13.3 Å². The second-order valence-corrected chi connectivity index (χ2v) is 3.11. The molecular formula is C7H12F3NO. The van der Waals surface area contributed by atoms with E-state index in [9.17, 15) is 13.2 Å². The summed E-state index contributed by atoms with van der Waals surface area (Å²) in [6.45, 7) is 2.41. The van der Waals surface area contributed by atoms with E-state index < -0.39 is 12.5 Å². The van der Waals surface area contributed by atoms with Crippen LogP contribution in [0.3, 0.4) is 0 Å². The minimum atomic E-state index is -4.50. The fourth-order valence-corrected chi connectivity index (χ4v) is 1.39. The summed E-state index contributed by atoms with van der Waals surface area (Å²) in [6, 6.07) is -0.147. The summed E-state index contributed by atoms with van der Waals surface area (Å²) in [4.78, 5) is 1.86. The highest BCUT2D eigenvalue weighted by molar-refractivity contribution is 4.82. The van der Waals surface area contributed by atoms with E-state index in [0.29, 0.717) is 13.0 Å². The molecule has 0 radical (unpaired) electrons. The van der Waals surface area contributed by atoms with Crippen LogP contribution in [0.2, 0.25) is 0 Å². The van der Waals surface area contributed by atoms with Crippen molar-refractivity contribution < 1.29 is 17.9 Å². The molecule has 2 unspecified atom stereocenters. The zero-order valence-corrected chi connectivity index (χ0v) is 7.06. The van der Waals surface area contributed by atoms with E-state index in [4.69, 9.17) is 0 Å². The van der Waals surface area contributed by atoms with Crippen LogP contribution >= 0.6 is 0 Å². The van der Waals surface area contributed by atoms with Gasteiger partial charge in [-0.1, -0.05) is 0 Å². The first-order valence-corrected chi connectivity index (χ1v) is 3.85. The molecule has 0 spiro atoms. The van der Waals surface area contributed by atoms with E-state index in [2.05, 4.69) is 4.74 Å². The summed E-state index contributed by atoms with van der Waals surface area (Å²) in [7, 11) is 1.80. The Labute approximate surface area is 69.3 Å². The number of nitrogens with zero attached hydrogens (tertiary/aromatic N) is 1. The van der Waals surface area contributed by atoms with Crippen molar-refractivity contribution >= 4 is 0 Å². The molecule has 72 valence electrons. The smallest absolute Gasteiger partial charge is 0.301 e. The van der Waals surface area contributed by atoms with Gasteiger partial charge in [0.15, 0.2) is 0 Å². The van der Waals surface area contributed by atoms with Gasteiger partial charge < -0.3 is 4.90 Å². The second-order valence-electron chi connectivity index (χ2n) is 3.11. The third kappa shape index (κ3) is 2.35. The van der Waals surface area contributed by atoms with Crippen molar-refractivity contribution in [3.8, 4) is 0 Å². The normalized spacial score (nSPS) is 32.8. The van der Waals surface area contributed by atoms with Gasteiger partial charge in [-0.15, -0.1) is 13.2 Å². The van der Waals surface area contributed by atoms with Crippen LogP contribution in [-0.4, -0.2) is 37.0 Å². The second kappa shape index (κ2) is 3.22. The van der Waals surface area contributed by atoms with Gasteiger partial charge in [0.1, 0.15) is 0 Å². The predicted molar refractivity (Wildman–Crippen MR) is 37.6 cm³/mol. The van der Waals surface area contributed by atoms with Crippen LogP contribution in [0.5, 0.6) is 0 Å². The molecule has 0 aromatic heterocycles. The van der Waals surface area contributed by atoms with Crippen molar-refractivity contribution in [2.24, 2.45) is 0 Å². The minimum Gasteiger partial charge on any atom is -0.301 e. The van der Waals surface area contributed by atoms with Crippen LogP contribution in [0.4, 0.5) is 13.2 Å². The Kier molecular flexibility index (Phi) is 2.63. The van der Waals surface area contributed by atoms with Gasteiger partial charge in [-0.3, -0.25) is 4.74 Å². The third-order valence-electron chi connectivity index (χ3n) is 2.28. The van der Waals surface area contributed by atoms with Gasteiger partial charge in [-0.25, -0.2) is 0 Å². The van der Waals surface area contributed by atoms with E-state index in [1.807, 2.05) is 4.90 Å². The van der Waals surface area contributed by atoms with Crippen LogP contribution in [0.15, 0.2) is 0 Å². The fraction of sp³-hybridized carbons (Fsp3) is 1.00. The molecule has 0 amide bonds. The molecule has 5 heteroatoms. The summed E-state index contributed by atoms with van der Waals surface area (Å²) < 4.78 is 39.2. The lowest BCUT2D eigenvalue weighted by molar-refractivity contribution is -0.343. The maximum Gasteiger partial charge on any atom is 0.522 e. The first kappa shape index (κ1) is 9.80. The Balaban J connectivity index is 2.44. The molecule has 0 aliphatic carbocycles. The minimum absolute atomic E-state index is 0.147. The van der Waals surface area contributed by atoms with Crippen molar-refractivity contribution in [3.63, 3.8) is 0 Å². The highest BCUT2D eigenvalue weighted by Gasteiger charge is 2.39. The molecule has 0 N–H and O–H groups in total. The summed E-state index contributed by atoms with van der Waals surface area (Å²) in [6.07, 6.45) is -4.74. The zero-order chi connectivity index (χ0) is 9.35. The summed E-state index contributed by atoms with van der Waals surface area (Å²) in [5.41, 5.74) is 0. The number of hydrogen-bond donors (Lipinski definition) is 0. The van der Waals surface area contributed by atoms with Gasteiger partial charge in [-0.05, 0) is 20.4 Å². The van der Waals surface area contributed by atoms with Crippen molar-refractivity contribution in [1.29, 1.82) is 0 Å². The molecule has 1 rings (SSSR count). The Morgan fingerprint density at radius 1 is 1.42 bits per heavy atom. The number of ether oxygens (including phenoxy) is 1. The summed E-state index contributed by atoms with van der Waals surface area (Å²) >= 11 is 0. The third-order valence-corrected chi connectivity index (χ3v) is 2.28. The Morgan fingerprint density at radius 3 is 2.33 bits per heavy atom. The standard InChI is InChI=1S/C7H12F3NO/c1-5-6(3-4-11(5)2)12-7(8,9)10/h5-6H,3-4H2,1-2H3. The first-order valence-electron chi connectivity index (χ1n) is 3.85. The highest BCUT2D eigenvalue weighted by atomic mass is 19.4. The van der Waals surface area contributed by atoms with E-state index in [1.165, 1.54) is 0 Å². The van der Waals surface area contributed by atoms with Crippen molar-refractivity contribution in [3.05, 3.63) is 0 Å². The number of halogens is 3. The van der Waals surface area contributed by atoms with E-state index in [0.717, 1.165) is 0 Å². The molecule has 0 bridgehead atoms. The number of likely N-dealkylation sites (tertiary alicyclic amines) is 1. The molecule has 12 heavy (non-hydrogen) atoms. The lowest BCUT2D eigenvalue weighted by Gasteiger charge is -2.21. The predicted octanol–water partition coefficient (Wildman–Crippen LogP) is 1.62. The molecule has 1 aliphatic heterocycles. The van der Waals surface area contributed by atoms with Crippen LogP contribution < -0.4 is 0 Å². The Bertz CT molecular complexity index is 159. The monoisotopic (exact) mass is 183 g/mol. The maximum atomic E-state index is 11.8. The molecule has 2 nitrogen and oxygen atoms in total. The number of likely N-dealkylation sites (N-methyl/N-ethyl adjacent to an activating group) is 1. The molecule has 0 aromatic carbocycles. The molecule has 0 aromatic rings. The summed E-state index contributed by atoms with van der Waals surface area (Å²) in [5, 5.41) is 0. The number of hydrogen-bond acceptors (Lipinski definition) is 2. The topological polar surface area (TPSA) is 12.5 Å². The largest absolute Gasteiger partial charge is 0.522 e. The molecule has 1 fully saturated rings. The number of rotatable bonds is 1. The van der Waals surface area contributed by atoms with Crippen molar-refractivity contribution in [1.82, 2.24) is 4.90 Å². The average molecular weight is 183 g/mol. The SMILES string of the molecule is CC1C(OC(F)(F)F)CCN1C. The van der Waals surface area contributed by atoms with Gasteiger partial charge in [0.25, 0.3) is 0 Å². The van der Waals surface area contributed by atoms with Crippen LogP contribution in [0, 0.1) is 0 Å². The molecule has 2 atom stereocenters. The first-order chi connectivity index (χ1) is 5.40. The Hall–Kier alpha value is -0.290. The lowest BCUT2D eigenvalue weighted by Crippen LogP contribution is -2.34. The molecule has 1 saturated heterocycles. The van der Waals surface area contributed by atoms with Crippen LogP contribution in [-0.2, 0) is 4.74 Å². The molecule has 1 heterocycles. The van der Waals surface area contributed by atoms with Gasteiger partial charge in [0, 0.05) is 12.6 Å². The Morgan fingerprint density at radius 2 is 2.00 bits per heavy atom. The van der Waals surface area contributed by atoms with Gasteiger partial charge in [-0.2, -0.15) is 0 Å². The molecular weight excluding hydrogens is 171 g/mol. The van der Waals surface area contributed by atoms with E-state index >= 15 is 0 Å². The van der Waals surface area contributed by atoms with Gasteiger partial charge in [0.05, 0.1) is 6.10 Å². The van der Waals surface area contributed by atoms with Crippen molar-refractivity contribution in [2.45, 2.75) is 31.9 Å². The van der Waals surface area contributed by atoms with Gasteiger partial charge in [0.2, 0.25) is 0 Å². The number of alkyl halides is 3. The highest BCUT2D eigenvalue weighted by Crippen LogP contribution is 2.26. The molecule has 0 saturated carbocycles. The summed E-state index contributed by atoms with van der Waals surface area (Å²) in [5.74, 6) is 0. The lowest BCUT2D eigenvalue weighted by atomic mass is 10.2. The quantitative estimate of drug-likeness (QED) is 0.612. The van der Waals surface area contributed by atoms with Crippen LogP contribution in [0.25, 0.3) is 0 Å². The fourth-order valence-electron chi connectivity index (χ4n) is 1.39. The van der Waals surface area contributed by atoms with E-state index in [1.54, 1.807) is 14.0 Å². The molecule has 1 aliphatic rings. The van der Waals surface area contributed by atoms with Gasteiger partial charge >= 0.3 is 6.36 Å². The maximum absolute atomic E-state index is 11.8.